The standard InChI is InChI=1S/C20H12Br2N2O2/c21-17-7-3-1-5-15(17)19(25)23-13-9-11-14(12-10-13)24-20(26)16-6-2-4-8-18(16)22/h1-12H. The van der Waals surface area contributed by atoms with Crippen molar-refractivity contribution < 1.29 is 9.59 Å². The quantitative estimate of drug-likeness (QED) is 0.565. The molecule has 0 fully saturated rings. The molecule has 0 saturated carbocycles. The SMILES string of the molecule is O=C(N=C1C=CC(=NC(=O)c2ccccc2Br)C=C1)c1ccccc1Br. The van der Waals surface area contributed by atoms with Crippen LogP contribution in [0.15, 0.2) is 91.8 Å². The molecule has 2 aromatic carbocycles. The normalized spacial score (nSPS) is 12.8. The van der Waals surface area contributed by atoms with Crippen molar-refractivity contribution in [2.24, 2.45) is 9.98 Å². The maximum atomic E-state index is 12.2. The third-order valence-electron chi connectivity index (χ3n) is 3.52. The van der Waals surface area contributed by atoms with E-state index in [0.717, 1.165) is 0 Å². The maximum absolute atomic E-state index is 12.2. The van der Waals surface area contributed by atoms with Crippen LogP contribution >= 0.6 is 31.9 Å². The molecule has 26 heavy (non-hydrogen) atoms. The first-order valence-electron chi connectivity index (χ1n) is 7.66. The van der Waals surface area contributed by atoms with E-state index in [4.69, 9.17) is 0 Å². The van der Waals surface area contributed by atoms with Gasteiger partial charge in [0.25, 0.3) is 11.8 Å². The van der Waals surface area contributed by atoms with E-state index >= 15 is 0 Å². The lowest BCUT2D eigenvalue weighted by molar-refractivity contribution is 0.0994. The lowest BCUT2D eigenvalue weighted by Crippen LogP contribution is -2.07. The molecule has 0 saturated heterocycles. The maximum Gasteiger partial charge on any atom is 0.278 e. The molecule has 1 aliphatic rings. The number of carbonyl (C=O) groups is 2. The first-order valence-corrected chi connectivity index (χ1v) is 9.24. The van der Waals surface area contributed by atoms with E-state index in [2.05, 4.69) is 41.8 Å². The van der Waals surface area contributed by atoms with E-state index in [0.29, 0.717) is 31.5 Å². The van der Waals surface area contributed by atoms with Gasteiger partial charge in [0.1, 0.15) is 0 Å². The van der Waals surface area contributed by atoms with Gasteiger partial charge >= 0.3 is 0 Å². The summed E-state index contributed by atoms with van der Waals surface area (Å²) in [7, 11) is 0. The molecular weight excluding hydrogens is 460 g/mol. The Labute approximate surface area is 167 Å². The van der Waals surface area contributed by atoms with Crippen LogP contribution in [0.1, 0.15) is 20.7 Å². The highest BCUT2D eigenvalue weighted by Crippen LogP contribution is 2.18. The van der Waals surface area contributed by atoms with Crippen LogP contribution in [0, 0.1) is 0 Å². The fourth-order valence-corrected chi connectivity index (χ4v) is 3.13. The predicted molar refractivity (Wildman–Crippen MR) is 110 cm³/mol. The molecule has 2 aromatic rings. The summed E-state index contributed by atoms with van der Waals surface area (Å²) < 4.78 is 1.39. The van der Waals surface area contributed by atoms with Crippen LogP contribution in [0.2, 0.25) is 0 Å². The average molecular weight is 472 g/mol. The average Bonchev–Trinajstić information content (AvgIpc) is 2.64. The van der Waals surface area contributed by atoms with Crippen LogP contribution in [0.3, 0.4) is 0 Å². The predicted octanol–water partition coefficient (Wildman–Crippen LogP) is 5.20. The second kappa shape index (κ2) is 8.29. The van der Waals surface area contributed by atoms with Crippen LogP contribution in [0.25, 0.3) is 0 Å². The highest BCUT2D eigenvalue weighted by Gasteiger charge is 2.11. The minimum atomic E-state index is -0.341. The number of hydrogen-bond donors (Lipinski definition) is 0. The molecule has 3 rings (SSSR count). The molecule has 6 heteroatoms. The van der Waals surface area contributed by atoms with E-state index in [9.17, 15) is 9.59 Å². The van der Waals surface area contributed by atoms with E-state index in [1.54, 1.807) is 60.7 Å². The molecule has 0 radical (unpaired) electrons. The third kappa shape index (κ3) is 4.39. The molecule has 0 spiro atoms. The molecule has 0 bridgehead atoms. The van der Waals surface area contributed by atoms with Crippen LogP contribution in [-0.4, -0.2) is 23.2 Å². The monoisotopic (exact) mass is 470 g/mol. The zero-order valence-electron chi connectivity index (χ0n) is 13.4. The van der Waals surface area contributed by atoms with Crippen molar-refractivity contribution >= 4 is 55.1 Å². The Morgan fingerprint density at radius 1 is 0.615 bits per heavy atom. The van der Waals surface area contributed by atoms with Gasteiger partial charge in [-0.1, -0.05) is 24.3 Å². The van der Waals surface area contributed by atoms with Gasteiger partial charge in [0.05, 0.1) is 22.6 Å². The van der Waals surface area contributed by atoms with E-state index < -0.39 is 0 Å². The third-order valence-corrected chi connectivity index (χ3v) is 4.90. The highest BCUT2D eigenvalue weighted by atomic mass is 79.9. The summed E-state index contributed by atoms with van der Waals surface area (Å²) in [6.45, 7) is 0. The van der Waals surface area contributed by atoms with Crippen molar-refractivity contribution in [3.05, 3.63) is 92.9 Å². The summed E-state index contributed by atoms with van der Waals surface area (Å²) in [6, 6.07) is 14.2. The summed E-state index contributed by atoms with van der Waals surface area (Å²) in [4.78, 5) is 32.6. The lowest BCUT2D eigenvalue weighted by Gasteiger charge is -2.04. The Balaban J connectivity index is 1.75. The first-order chi connectivity index (χ1) is 12.5. The van der Waals surface area contributed by atoms with E-state index in [-0.39, 0.29) is 11.8 Å². The summed E-state index contributed by atoms with van der Waals surface area (Å²) in [5.41, 5.74) is 1.98. The Morgan fingerprint density at radius 2 is 0.962 bits per heavy atom. The molecule has 0 aliphatic heterocycles. The van der Waals surface area contributed by atoms with Gasteiger partial charge in [0.2, 0.25) is 0 Å². The molecule has 4 nitrogen and oxygen atoms in total. The second-order valence-electron chi connectivity index (χ2n) is 5.31. The number of benzene rings is 2. The molecule has 0 aromatic heterocycles. The highest BCUT2D eigenvalue weighted by molar-refractivity contribution is 9.10. The smallest absolute Gasteiger partial charge is 0.267 e. The Hall–Kier alpha value is -2.44. The molecule has 0 atom stereocenters. The lowest BCUT2D eigenvalue weighted by atomic mass is 10.1. The number of rotatable bonds is 2. The molecule has 0 unspecified atom stereocenters. The fraction of sp³-hybridized carbons (Fsp3) is 0. The van der Waals surface area contributed by atoms with E-state index in [1.807, 2.05) is 12.1 Å². The Kier molecular flexibility index (Phi) is 5.85. The van der Waals surface area contributed by atoms with Crippen LogP contribution in [0.5, 0.6) is 0 Å². The topological polar surface area (TPSA) is 58.9 Å². The first kappa shape index (κ1) is 18.4. The van der Waals surface area contributed by atoms with Crippen molar-refractivity contribution in [2.45, 2.75) is 0 Å². The fourth-order valence-electron chi connectivity index (χ4n) is 2.23. The van der Waals surface area contributed by atoms with Gasteiger partial charge in [0.15, 0.2) is 0 Å². The van der Waals surface area contributed by atoms with Gasteiger partial charge in [0, 0.05) is 8.95 Å². The number of aliphatic imine (C=N–C) groups is 2. The molecule has 0 heterocycles. The largest absolute Gasteiger partial charge is 0.278 e. The van der Waals surface area contributed by atoms with Crippen molar-refractivity contribution in [3.63, 3.8) is 0 Å². The van der Waals surface area contributed by atoms with Crippen LogP contribution < -0.4 is 0 Å². The zero-order chi connectivity index (χ0) is 18.5. The van der Waals surface area contributed by atoms with Gasteiger partial charge in [-0.3, -0.25) is 9.59 Å². The van der Waals surface area contributed by atoms with Crippen molar-refractivity contribution in [1.29, 1.82) is 0 Å². The summed E-state index contributed by atoms with van der Waals surface area (Å²) in [5.74, 6) is -0.682. The summed E-state index contributed by atoms with van der Waals surface area (Å²) >= 11 is 6.68. The molecule has 2 amide bonds. The number of allylic oxidation sites excluding steroid dienone is 4. The van der Waals surface area contributed by atoms with Gasteiger partial charge in [-0.05, 0) is 80.4 Å². The minimum Gasteiger partial charge on any atom is -0.267 e. The summed E-state index contributed by atoms with van der Waals surface area (Å²) in [5, 5.41) is 0. The van der Waals surface area contributed by atoms with Crippen LogP contribution in [-0.2, 0) is 0 Å². The van der Waals surface area contributed by atoms with Gasteiger partial charge < -0.3 is 0 Å². The van der Waals surface area contributed by atoms with Crippen molar-refractivity contribution in [2.75, 3.05) is 0 Å². The molecule has 0 N–H and O–H groups in total. The van der Waals surface area contributed by atoms with E-state index in [1.165, 1.54) is 0 Å². The molecular formula is C20H12Br2N2O2. The number of hydrogen-bond acceptors (Lipinski definition) is 2. The van der Waals surface area contributed by atoms with Gasteiger partial charge in [-0.15, -0.1) is 0 Å². The number of carbonyl (C=O) groups excluding carboxylic acids is 2. The minimum absolute atomic E-state index is 0.341. The Morgan fingerprint density at radius 3 is 1.31 bits per heavy atom. The molecule has 128 valence electrons. The van der Waals surface area contributed by atoms with Gasteiger partial charge in [-0.2, -0.15) is 0 Å². The number of halogens is 2. The second-order valence-corrected chi connectivity index (χ2v) is 7.02. The zero-order valence-corrected chi connectivity index (χ0v) is 16.6. The number of amides is 2. The molecule has 1 aliphatic carbocycles. The number of nitrogens with zero attached hydrogens (tertiary/aromatic N) is 2. The van der Waals surface area contributed by atoms with Gasteiger partial charge in [-0.25, -0.2) is 9.98 Å². The van der Waals surface area contributed by atoms with Crippen LogP contribution in [0.4, 0.5) is 0 Å². The van der Waals surface area contributed by atoms with Crippen molar-refractivity contribution in [3.8, 4) is 0 Å². The Bertz CT molecular complexity index is 907. The summed E-state index contributed by atoms with van der Waals surface area (Å²) in [6.07, 6.45) is 6.61. The van der Waals surface area contributed by atoms with Crippen molar-refractivity contribution in [1.82, 2.24) is 0 Å².